The molecule has 22 heavy (non-hydrogen) atoms. The highest BCUT2D eigenvalue weighted by Gasteiger charge is 2.21. The lowest BCUT2D eigenvalue weighted by atomic mass is 10.1. The summed E-state index contributed by atoms with van der Waals surface area (Å²) in [6.45, 7) is 7.13. The maximum atomic E-state index is 12.5. The van der Waals surface area contributed by atoms with E-state index in [0.717, 1.165) is 12.0 Å². The number of hydrogen-bond acceptors (Lipinski definition) is 3. The van der Waals surface area contributed by atoms with Crippen LogP contribution in [0, 0.1) is 11.8 Å². The van der Waals surface area contributed by atoms with Gasteiger partial charge in [0.05, 0.1) is 19.4 Å². The highest BCUT2D eigenvalue weighted by Crippen LogP contribution is 2.10. The van der Waals surface area contributed by atoms with Crippen molar-refractivity contribution in [2.45, 2.75) is 33.6 Å². The van der Waals surface area contributed by atoms with Gasteiger partial charge >= 0.3 is 5.97 Å². The molecule has 0 spiro atoms. The van der Waals surface area contributed by atoms with Crippen molar-refractivity contribution in [1.29, 1.82) is 0 Å². The number of esters is 1. The van der Waals surface area contributed by atoms with Crippen LogP contribution < -0.4 is 0 Å². The zero-order chi connectivity index (χ0) is 16.5. The van der Waals surface area contributed by atoms with Crippen LogP contribution in [0.5, 0.6) is 0 Å². The fourth-order valence-corrected chi connectivity index (χ4v) is 2.22. The largest absolute Gasteiger partial charge is 0.469 e. The van der Waals surface area contributed by atoms with Gasteiger partial charge in [-0.15, -0.1) is 0 Å². The van der Waals surface area contributed by atoms with Crippen LogP contribution in [-0.2, 0) is 20.7 Å². The van der Waals surface area contributed by atoms with Gasteiger partial charge in [-0.2, -0.15) is 0 Å². The number of carbonyl (C=O) groups is 2. The van der Waals surface area contributed by atoms with Gasteiger partial charge in [-0.3, -0.25) is 9.59 Å². The highest BCUT2D eigenvalue weighted by molar-refractivity contribution is 5.80. The average molecular weight is 305 g/mol. The smallest absolute Gasteiger partial charge is 0.310 e. The SMILES string of the molecule is COC(=O)C(C)CN(CCC(C)C)C(=O)Cc1ccccc1. The van der Waals surface area contributed by atoms with Gasteiger partial charge in [0.15, 0.2) is 0 Å². The third-order valence-electron chi connectivity index (χ3n) is 3.63. The van der Waals surface area contributed by atoms with E-state index in [9.17, 15) is 9.59 Å². The molecule has 1 rings (SSSR count). The Bertz CT molecular complexity index is 470. The number of amides is 1. The molecule has 0 fully saturated rings. The zero-order valence-corrected chi connectivity index (χ0v) is 14.0. The number of carbonyl (C=O) groups excluding carboxylic acids is 2. The molecular weight excluding hydrogens is 278 g/mol. The summed E-state index contributed by atoms with van der Waals surface area (Å²) in [5.41, 5.74) is 0.993. The first kappa shape index (κ1) is 18.2. The second kappa shape index (κ2) is 9.23. The van der Waals surface area contributed by atoms with Crippen LogP contribution in [0.3, 0.4) is 0 Å². The van der Waals surface area contributed by atoms with Gasteiger partial charge in [-0.25, -0.2) is 0 Å². The van der Waals surface area contributed by atoms with Crippen LogP contribution in [-0.4, -0.2) is 37.0 Å². The van der Waals surface area contributed by atoms with Crippen molar-refractivity contribution in [3.8, 4) is 0 Å². The predicted octanol–water partition coefficient (Wildman–Crippen LogP) is 2.91. The van der Waals surface area contributed by atoms with Crippen molar-refractivity contribution in [2.24, 2.45) is 11.8 Å². The first-order chi connectivity index (χ1) is 10.4. The normalized spacial score (nSPS) is 12.0. The summed E-state index contributed by atoms with van der Waals surface area (Å²) in [7, 11) is 1.38. The van der Waals surface area contributed by atoms with E-state index in [-0.39, 0.29) is 17.8 Å². The Morgan fingerprint density at radius 2 is 1.77 bits per heavy atom. The molecule has 0 aliphatic rings. The van der Waals surface area contributed by atoms with Crippen LogP contribution in [0.2, 0.25) is 0 Å². The summed E-state index contributed by atoms with van der Waals surface area (Å²) >= 11 is 0. The molecule has 0 radical (unpaired) electrons. The molecule has 0 heterocycles. The minimum atomic E-state index is -0.308. The van der Waals surface area contributed by atoms with Gasteiger partial charge in [0, 0.05) is 13.1 Å². The van der Waals surface area contributed by atoms with E-state index in [4.69, 9.17) is 4.74 Å². The van der Waals surface area contributed by atoms with E-state index >= 15 is 0 Å². The number of ether oxygens (including phenoxy) is 1. The van der Waals surface area contributed by atoms with Crippen molar-refractivity contribution >= 4 is 11.9 Å². The summed E-state index contributed by atoms with van der Waals surface area (Å²) in [5.74, 6) is -0.0120. The second-order valence-corrected chi connectivity index (χ2v) is 6.11. The molecule has 0 N–H and O–H groups in total. The summed E-state index contributed by atoms with van der Waals surface area (Å²) < 4.78 is 4.76. The van der Waals surface area contributed by atoms with Crippen molar-refractivity contribution in [3.05, 3.63) is 35.9 Å². The first-order valence-corrected chi connectivity index (χ1v) is 7.83. The van der Waals surface area contributed by atoms with Crippen LogP contribution in [0.25, 0.3) is 0 Å². The molecular formula is C18H27NO3. The molecule has 1 amide bonds. The molecule has 0 aliphatic heterocycles. The lowest BCUT2D eigenvalue weighted by Gasteiger charge is -2.26. The number of hydrogen-bond donors (Lipinski definition) is 0. The zero-order valence-electron chi connectivity index (χ0n) is 14.0. The molecule has 0 saturated carbocycles. The molecule has 1 aromatic rings. The second-order valence-electron chi connectivity index (χ2n) is 6.11. The van der Waals surface area contributed by atoms with Gasteiger partial charge in [-0.05, 0) is 17.9 Å². The van der Waals surface area contributed by atoms with Crippen LogP contribution >= 0.6 is 0 Å². The minimum absolute atomic E-state index is 0.0580. The van der Waals surface area contributed by atoms with Crippen LogP contribution in [0.15, 0.2) is 30.3 Å². The Labute approximate surface area is 133 Å². The number of nitrogens with zero attached hydrogens (tertiary/aromatic N) is 1. The van der Waals surface area contributed by atoms with Crippen molar-refractivity contribution in [2.75, 3.05) is 20.2 Å². The fourth-order valence-electron chi connectivity index (χ4n) is 2.22. The van der Waals surface area contributed by atoms with Gasteiger partial charge in [0.1, 0.15) is 0 Å². The van der Waals surface area contributed by atoms with Crippen molar-refractivity contribution in [1.82, 2.24) is 4.90 Å². The van der Waals surface area contributed by atoms with Crippen LogP contribution in [0.1, 0.15) is 32.8 Å². The number of methoxy groups -OCH3 is 1. The Morgan fingerprint density at radius 1 is 1.14 bits per heavy atom. The summed E-state index contributed by atoms with van der Waals surface area (Å²) in [5, 5.41) is 0. The maximum absolute atomic E-state index is 12.5. The molecule has 4 heteroatoms. The van der Waals surface area contributed by atoms with E-state index < -0.39 is 0 Å². The standard InChI is InChI=1S/C18H27NO3/c1-14(2)10-11-19(13-15(3)18(21)22-4)17(20)12-16-8-6-5-7-9-16/h5-9,14-15H,10-13H2,1-4H3. The van der Waals surface area contributed by atoms with E-state index in [2.05, 4.69) is 13.8 Å². The van der Waals surface area contributed by atoms with Gasteiger partial charge in [0.25, 0.3) is 0 Å². The van der Waals surface area contributed by atoms with Crippen molar-refractivity contribution in [3.63, 3.8) is 0 Å². The summed E-state index contributed by atoms with van der Waals surface area (Å²) in [6.07, 6.45) is 1.29. The van der Waals surface area contributed by atoms with Crippen molar-refractivity contribution < 1.29 is 14.3 Å². The predicted molar refractivity (Wildman–Crippen MR) is 87.4 cm³/mol. The number of rotatable bonds is 8. The molecule has 0 saturated heterocycles. The quantitative estimate of drug-likeness (QED) is 0.694. The lowest BCUT2D eigenvalue weighted by Crippen LogP contribution is -2.39. The molecule has 122 valence electrons. The monoisotopic (exact) mass is 305 g/mol. The van der Waals surface area contributed by atoms with Gasteiger partial charge in [-0.1, -0.05) is 51.1 Å². The molecule has 1 unspecified atom stereocenters. The Balaban J connectivity index is 2.71. The maximum Gasteiger partial charge on any atom is 0.310 e. The molecule has 1 aromatic carbocycles. The third kappa shape index (κ3) is 6.29. The van der Waals surface area contributed by atoms with Gasteiger partial charge in [0.2, 0.25) is 5.91 Å². The number of benzene rings is 1. The Kier molecular flexibility index (Phi) is 7.64. The van der Waals surface area contributed by atoms with E-state index in [1.807, 2.05) is 30.3 Å². The van der Waals surface area contributed by atoms with Gasteiger partial charge < -0.3 is 9.64 Å². The third-order valence-corrected chi connectivity index (χ3v) is 3.63. The Morgan fingerprint density at radius 3 is 2.32 bits per heavy atom. The van der Waals surface area contributed by atoms with E-state index in [0.29, 0.717) is 25.4 Å². The van der Waals surface area contributed by atoms with E-state index in [1.54, 1.807) is 11.8 Å². The molecule has 0 bridgehead atoms. The molecule has 4 nitrogen and oxygen atoms in total. The van der Waals surface area contributed by atoms with Crippen LogP contribution in [0.4, 0.5) is 0 Å². The highest BCUT2D eigenvalue weighted by atomic mass is 16.5. The lowest BCUT2D eigenvalue weighted by molar-refractivity contribution is -0.146. The molecule has 0 aromatic heterocycles. The minimum Gasteiger partial charge on any atom is -0.469 e. The Hall–Kier alpha value is -1.84. The summed E-state index contributed by atoms with van der Waals surface area (Å²) in [4.78, 5) is 25.9. The average Bonchev–Trinajstić information content (AvgIpc) is 2.50. The first-order valence-electron chi connectivity index (χ1n) is 7.83. The van der Waals surface area contributed by atoms with E-state index in [1.165, 1.54) is 7.11 Å². The topological polar surface area (TPSA) is 46.6 Å². The molecule has 0 aliphatic carbocycles. The fraction of sp³-hybridized carbons (Fsp3) is 0.556. The molecule has 1 atom stereocenters. The summed E-state index contributed by atoms with van der Waals surface area (Å²) in [6, 6.07) is 9.69.